The van der Waals surface area contributed by atoms with Gasteiger partial charge in [-0.25, -0.2) is 0 Å². The Kier molecular flexibility index (Phi) is 4.48. The Labute approximate surface area is 140 Å². The Balaban J connectivity index is 1.82. The number of hydrogen-bond acceptors (Lipinski definition) is 3. The van der Waals surface area contributed by atoms with E-state index in [0.29, 0.717) is 4.88 Å². The summed E-state index contributed by atoms with van der Waals surface area (Å²) in [5, 5.41) is 2.90. The minimum atomic E-state index is -0.657. The standard InChI is InChI=1S/C18H20N2O2S/c1-20(2)18(22)16(12-7-4-3-5-8-12)19-17(21)15-11-13-9-6-10-14(13)23-15/h3-5,7-8,11,16H,6,9-10H2,1-2H3,(H,19,21)/t16-/m0/s1. The van der Waals surface area contributed by atoms with Crippen LogP contribution < -0.4 is 5.32 Å². The molecule has 1 atom stereocenters. The van der Waals surface area contributed by atoms with Gasteiger partial charge in [-0.2, -0.15) is 0 Å². The summed E-state index contributed by atoms with van der Waals surface area (Å²) < 4.78 is 0. The number of likely N-dealkylation sites (N-methyl/N-ethyl adjacent to an activating group) is 1. The predicted octanol–water partition coefficient (Wildman–Crippen LogP) is 2.80. The molecule has 0 fully saturated rings. The zero-order valence-electron chi connectivity index (χ0n) is 13.3. The molecule has 1 aromatic carbocycles. The van der Waals surface area contributed by atoms with Crippen LogP contribution in [0.25, 0.3) is 0 Å². The monoisotopic (exact) mass is 328 g/mol. The van der Waals surface area contributed by atoms with E-state index in [4.69, 9.17) is 0 Å². The number of aryl methyl sites for hydroxylation is 2. The Bertz CT molecular complexity index is 700. The van der Waals surface area contributed by atoms with Crippen molar-refractivity contribution >= 4 is 23.2 Å². The number of carbonyl (C=O) groups excluding carboxylic acids is 2. The number of benzene rings is 1. The number of nitrogens with zero attached hydrogens (tertiary/aromatic N) is 1. The molecule has 120 valence electrons. The van der Waals surface area contributed by atoms with E-state index in [9.17, 15) is 9.59 Å². The fourth-order valence-electron chi connectivity index (χ4n) is 2.83. The summed E-state index contributed by atoms with van der Waals surface area (Å²) in [6.07, 6.45) is 3.29. The minimum absolute atomic E-state index is 0.131. The van der Waals surface area contributed by atoms with Gasteiger partial charge in [0.2, 0.25) is 5.91 Å². The molecule has 4 nitrogen and oxygen atoms in total. The Morgan fingerprint density at radius 3 is 2.57 bits per heavy atom. The van der Waals surface area contributed by atoms with E-state index in [0.717, 1.165) is 18.4 Å². The summed E-state index contributed by atoms with van der Waals surface area (Å²) in [5.41, 5.74) is 2.08. The molecule has 0 radical (unpaired) electrons. The number of nitrogens with one attached hydrogen (secondary N) is 1. The predicted molar refractivity (Wildman–Crippen MR) is 91.7 cm³/mol. The highest BCUT2D eigenvalue weighted by atomic mass is 32.1. The lowest BCUT2D eigenvalue weighted by molar-refractivity contribution is -0.130. The molecule has 1 N–H and O–H groups in total. The van der Waals surface area contributed by atoms with E-state index < -0.39 is 6.04 Å². The zero-order chi connectivity index (χ0) is 16.4. The van der Waals surface area contributed by atoms with Gasteiger partial charge < -0.3 is 10.2 Å². The molecule has 0 bridgehead atoms. The van der Waals surface area contributed by atoms with Crippen molar-refractivity contribution in [1.82, 2.24) is 10.2 Å². The van der Waals surface area contributed by atoms with Gasteiger partial charge in [-0.05, 0) is 36.5 Å². The van der Waals surface area contributed by atoms with Crippen molar-refractivity contribution in [2.45, 2.75) is 25.3 Å². The summed E-state index contributed by atoms with van der Waals surface area (Å²) in [7, 11) is 3.40. The fourth-order valence-corrected chi connectivity index (χ4v) is 3.99. The van der Waals surface area contributed by atoms with Crippen molar-refractivity contribution in [1.29, 1.82) is 0 Å². The van der Waals surface area contributed by atoms with Crippen LogP contribution >= 0.6 is 11.3 Å². The molecule has 0 spiro atoms. The van der Waals surface area contributed by atoms with Gasteiger partial charge in [0.05, 0.1) is 4.88 Å². The van der Waals surface area contributed by atoms with Crippen molar-refractivity contribution in [3.05, 3.63) is 57.3 Å². The lowest BCUT2D eigenvalue weighted by Gasteiger charge is -2.21. The summed E-state index contributed by atoms with van der Waals surface area (Å²) in [6.45, 7) is 0. The summed E-state index contributed by atoms with van der Waals surface area (Å²) >= 11 is 1.55. The van der Waals surface area contributed by atoms with Gasteiger partial charge >= 0.3 is 0 Å². The Morgan fingerprint density at radius 2 is 1.91 bits per heavy atom. The molecular weight excluding hydrogens is 308 g/mol. The average molecular weight is 328 g/mol. The fraction of sp³-hybridized carbons (Fsp3) is 0.333. The lowest BCUT2D eigenvalue weighted by atomic mass is 10.1. The number of thiophene rings is 1. The third-order valence-corrected chi connectivity index (χ3v) is 5.30. The van der Waals surface area contributed by atoms with Gasteiger partial charge in [0.1, 0.15) is 6.04 Å². The van der Waals surface area contributed by atoms with Crippen LogP contribution in [0.4, 0.5) is 0 Å². The highest BCUT2D eigenvalue weighted by molar-refractivity contribution is 7.14. The topological polar surface area (TPSA) is 49.4 Å². The number of amides is 2. The van der Waals surface area contributed by atoms with Crippen molar-refractivity contribution < 1.29 is 9.59 Å². The van der Waals surface area contributed by atoms with Gasteiger partial charge in [0.25, 0.3) is 5.91 Å². The molecule has 0 unspecified atom stereocenters. The molecule has 0 aliphatic heterocycles. The molecule has 23 heavy (non-hydrogen) atoms. The van der Waals surface area contributed by atoms with E-state index in [1.54, 1.807) is 25.4 Å². The second-order valence-corrected chi connectivity index (χ2v) is 7.10. The second kappa shape index (κ2) is 6.54. The average Bonchev–Trinajstić information content (AvgIpc) is 3.14. The second-order valence-electron chi connectivity index (χ2n) is 5.96. The maximum atomic E-state index is 12.6. The maximum Gasteiger partial charge on any atom is 0.262 e. The SMILES string of the molecule is CN(C)C(=O)[C@@H](NC(=O)c1cc2c(s1)CCC2)c1ccccc1. The van der Waals surface area contributed by atoms with Crippen LogP contribution in [0, 0.1) is 0 Å². The van der Waals surface area contributed by atoms with Crippen LogP contribution in [-0.4, -0.2) is 30.8 Å². The van der Waals surface area contributed by atoms with E-state index in [2.05, 4.69) is 5.32 Å². The molecule has 1 aliphatic rings. The summed E-state index contributed by atoms with van der Waals surface area (Å²) in [6, 6.07) is 10.7. The molecule has 5 heteroatoms. The van der Waals surface area contributed by atoms with E-state index in [-0.39, 0.29) is 11.8 Å². The van der Waals surface area contributed by atoms with Crippen molar-refractivity contribution in [2.75, 3.05) is 14.1 Å². The Morgan fingerprint density at radius 1 is 1.17 bits per heavy atom. The highest BCUT2D eigenvalue weighted by Crippen LogP contribution is 2.31. The molecule has 0 saturated heterocycles. The molecule has 2 amide bonds. The summed E-state index contributed by atoms with van der Waals surface area (Å²) in [4.78, 5) is 28.6. The van der Waals surface area contributed by atoms with Crippen LogP contribution in [-0.2, 0) is 17.6 Å². The molecule has 2 aromatic rings. The van der Waals surface area contributed by atoms with Gasteiger partial charge in [-0.1, -0.05) is 30.3 Å². The van der Waals surface area contributed by atoms with Crippen LogP contribution in [0.3, 0.4) is 0 Å². The van der Waals surface area contributed by atoms with Crippen LogP contribution in [0.1, 0.15) is 38.1 Å². The maximum absolute atomic E-state index is 12.6. The van der Waals surface area contributed by atoms with Crippen LogP contribution in [0.15, 0.2) is 36.4 Å². The molecule has 3 rings (SSSR count). The number of fused-ring (bicyclic) bond motifs is 1. The van der Waals surface area contributed by atoms with E-state index in [1.807, 2.05) is 36.4 Å². The molecule has 1 aromatic heterocycles. The first-order valence-corrected chi connectivity index (χ1v) is 8.56. The normalized spacial score (nSPS) is 14.2. The van der Waals surface area contributed by atoms with Crippen LogP contribution in [0.2, 0.25) is 0 Å². The minimum Gasteiger partial charge on any atom is -0.347 e. The Hall–Kier alpha value is -2.14. The smallest absolute Gasteiger partial charge is 0.262 e. The van der Waals surface area contributed by atoms with Gasteiger partial charge in [0, 0.05) is 19.0 Å². The summed E-state index contributed by atoms with van der Waals surface area (Å²) in [5.74, 6) is -0.304. The third-order valence-electron chi connectivity index (χ3n) is 4.07. The van der Waals surface area contributed by atoms with Crippen molar-refractivity contribution in [3.8, 4) is 0 Å². The number of carbonyl (C=O) groups is 2. The third kappa shape index (κ3) is 3.29. The lowest BCUT2D eigenvalue weighted by Crippen LogP contribution is -2.39. The zero-order valence-corrected chi connectivity index (χ0v) is 14.2. The quantitative estimate of drug-likeness (QED) is 0.938. The molecule has 1 aliphatic carbocycles. The largest absolute Gasteiger partial charge is 0.347 e. The van der Waals surface area contributed by atoms with Crippen molar-refractivity contribution in [3.63, 3.8) is 0 Å². The van der Waals surface area contributed by atoms with Crippen molar-refractivity contribution in [2.24, 2.45) is 0 Å². The van der Waals surface area contributed by atoms with E-state index in [1.165, 1.54) is 21.8 Å². The first kappa shape index (κ1) is 15.7. The number of hydrogen-bond donors (Lipinski definition) is 1. The highest BCUT2D eigenvalue weighted by Gasteiger charge is 2.26. The molecular formula is C18H20N2O2S. The molecule has 0 saturated carbocycles. The number of rotatable bonds is 4. The van der Waals surface area contributed by atoms with Crippen LogP contribution in [0.5, 0.6) is 0 Å². The first-order valence-electron chi connectivity index (χ1n) is 7.75. The van der Waals surface area contributed by atoms with Gasteiger partial charge in [0.15, 0.2) is 0 Å². The first-order chi connectivity index (χ1) is 11.1. The van der Waals surface area contributed by atoms with E-state index >= 15 is 0 Å². The van der Waals surface area contributed by atoms with Gasteiger partial charge in [-0.3, -0.25) is 9.59 Å². The molecule has 1 heterocycles. The van der Waals surface area contributed by atoms with Gasteiger partial charge in [-0.15, -0.1) is 11.3 Å².